The second-order valence-electron chi connectivity index (χ2n) is 4.41. The lowest BCUT2D eigenvalue weighted by Crippen LogP contribution is -2.70. The van der Waals surface area contributed by atoms with Gasteiger partial charge in [-0.05, 0) is 33.0 Å². The predicted molar refractivity (Wildman–Crippen MR) is 62.7 cm³/mol. The monoisotopic (exact) mass is 198 g/mol. The standard InChI is InChI=1S/C10H20N2.C2H6/c1-3-12-8-10(9-12)6-4-5-7-11(10)2;1-2/h3-9H2,1-2H3;1-2H3. The second kappa shape index (κ2) is 5.13. The first-order valence-electron chi connectivity index (χ1n) is 6.20. The molecule has 0 aromatic carbocycles. The first-order valence-corrected chi connectivity index (χ1v) is 6.20. The molecule has 1 spiro atoms. The Hall–Kier alpha value is -0.0800. The summed E-state index contributed by atoms with van der Waals surface area (Å²) in [6.07, 6.45) is 4.28. The van der Waals surface area contributed by atoms with E-state index in [0.29, 0.717) is 5.54 Å². The fourth-order valence-electron chi connectivity index (χ4n) is 2.64. The Morgan fingerprint density at radius 1 is 1.14 bits per heavy atom. The minimum atomic E-state index is 0.592. The quantitative estimate of drug-likeness (QED) is 0.637. The molecule has 0 aromatic rings. The highest BCUT2D eigenvalue weighted by Gasteiger charge is 2.45. The number of nitrogens with zero attached hydrogens (tertiary/aromatic N) is 2. The third-order valence-electron chi connectivity index (χ3n) is 3.68. The van der Waals surface area contributed by atoms with Crippen molar-refractivity contribution in [3.63, 3.8) is 0 Å². The molecule has 2 fully saturated rings. The molecule has 2 aliphatic rings. The Labute approximate surface area is 89.3 Å². The summed E-state index contributed by atoms with van der Waals surface area (Å²) in [7, 11) is 2.30. The Balaban J connectivity index is 0.000000461. The van der Waals surface area contributed by atoms with Gasteiger partial charge >= 0.3 is 0 Å². The maximum atomic E-state index is 2.59. The average Bonchev–Trinajstić information content (AvgIpc) is 2.19. The number of hydrogen-bond donors (Lipinski definition) is 0. The van der Waals surface area contributed by atoms with Gasteiger partial charge in [-0.15, -0.1) is 0 Å². The van der Waals surface area contributed by atoms with Crippen LogP contribution in [0.2, 0.25) is 0 Å². The second-order valence-corrected chi connectivity index (χ2v) is 4.41. The highest BCUT2D eigenvalue weighted by atomic mass is 15.3. The van der Waals surface area contributed by atoms with Gasteiger partial charge in [0.2, 0.25) is 0 Å². The fourth-order valence-corrected chi connectivity index (χ4v) is 2.64. The van der Waals surface area contributed by atoms with Gasteiger partial charge < -0.3 is 0 Å². The molecule has 2 nitrogen and oxygen atoms in total. The van der Waals surface area contributed by atoms with Gasteiger partial charge in [0, 0.05) is 18.6 Å². The predicted octanol–water partition coefficient (Wildman–Crippen LogP) is 2.20. The van der Waals surface area contributed by atoms with Crippen LogP contribution < -0.4 is 0 Å². The van der Waals surface area contributed by atoms with E-state index in [1.54, 1.807) is 0 Å². The van der Waals surface area contributed by atoms with Crippen molar-refractivity contribution in [1.29, 1.82) is 0 Å². The van der Waals surface area contributed by atoms with Crippen LogP contribution in [0.1, 0.15) is 40.0 Å². The summed E-state index contributed by atoms with van der Waals surface area (Å²) >= 11 is 0. The summed E-state index contributed by atoms with van der Waals surface area (Å²) < 4.78 is 0. The SMILES string of the molecule is CC.CCN1CC2(CCCCN2C)C1. The van der Waals surface area contributed by atoms with Gasteiger partial charge in [0.1, 0.15) is 0 Å². The van der Waals surface area contributed by atoms with Gasteiger partial charge in [-0.25, -0.2) is 0 Å². The van der Waals surface area contributed by atoms with E-state index in [4.69, 9.17) is 0 Å². The molecule has 2 heterocycles. The number of likely N-dealkylation sites (N-methyl/N-ethyl adjacent to an activating group) is 2. The Bertz CT molecular complexity index is 162. The molecule has 0 atom stereocenters. The lowest BCUT2D eigenvalue weighted by atomic mass is 9.80. The van der Waals surface area contributed by atoms with Crippen LogP contribution in [0.4, 0.5) is 0 Å². The van der Waals surface area contributed by atoms with E-state index in [9.17, 15) is 0 Å². The number of rotatable bonds is 1. The van der Waals surface area contributed by atoms with Gasteiger partial charge in [-0.1, -0.05) is 27.2 Å². The van der Waals surface area contributed by atoms with E-state index < -0.39 is 0 Å². The maximum Gasteiger partial charge on any atom is 0.0460 e. The molecule has 14 heavy (non-hydrogen) atoms. The molecular formula is C12H26N2. The maximum absolute atomic E-state index is 2.59. The minimum Gasteiger partial charge on any atom is -0.300 e. The van der Waals surface area contributed by atoms with Crippen molar-refractivity contribution in [2.24, 2.45) is 0 Å². The molecule has 0 aromatic heterocycles. The normalized spacial score (nSPS) is 26.6. The lowest BCUT2D eigenvalue weighted by molar-refractivity contribution is -0.0616. The van der Waals surface area contributed by atoms with Gasteiger partial charge in [0.15, 0.2) is 0 Å². The summed E-state index contributed by atoms with van der Waals surface area (Å²) in [6, 6.07) is 0. The number of likely N-dealkylation sites (tertiary alicyclic amines) is 2. The largest absolute Gasteiger partial charge is 0.300 e. The number of piperidine rings is 1. The van der Waals surface area contributed by atoms with Crippen molar-refractivity contribution in [3.8, 4) is 0 Å². The van der Waals surface area contributed by atoms with Crippen LogP contribution in [0, 0.1) is 0 Å². The molecule has 84 valence electrons. The van der Waals surface area contributed by atoms with Crippen LogP contribution >= 0.6 is 0 Å². The molecule has 0 amide bonds. The molecular weight excluding hydrogens is 172 g/mol. The summed E-state index contributed by atoms with van der Waals surface area (Å²) in [5.74, 6) is 0. The van der Waals surface area contributed by atoms with E-state index in [2.05, 4.69) is 23.8 Å². The Morgan fingerprint density at radius 3 is 2.29 bits per heavy atom. The third-order valence-corrected chi connectivity index (χ3v) is 3.68. The highest BCUT2D eigenvalue weighted by molar-refractivity contribution is 5.04. The smallest absolute Gasteiger partial charge is 0.0460 e. The first kappa shape index (κ1) is 12.0. The Morgan fingerprint density at radius 2 is 1.79 bits per heavy atom. The zero-order valence-electron chi connectivity index (χ0n) is 10.3. The van der Waals surface area contributed by atoms with E-state index in [-0.39, 0.29) is 0 Å². The molecule has 0 saturated carbocycles. The summed E-state index contributed by atoms with van der Waals surface area (Å²) in [4.78, 5) is 5.13. The van der Waals surface area contributed by atoms with Crippen molar-refractivity contribution in [1.82, 2.24) is 9.80 Å². The van der Waals surface area contributed by atoms with Crippen molar-refractivity contribution in [2.45, 2.75) is 45.6 Å². The van der Waals surface area contributed by atoms with Crippen LogP contribution in [0.15, 0.2) is 0 Å². The van der Waals surface area contributed by atoms with Crippen molar-refractivity contribution in [3.05, 3.63) is 0 Å². The topological polar surface area (TPSA) is 6.48 Å². The molecule has 0 radical (unpaired) electrons. The van der Waals surface area contributed by atoms with E-state index in [1.807, 2.05) is 13.8 Å². The molecule has 2 aliphatic heterocycles. The third kappa shape index (κ3) is 2.12. The molecule has 0 N–H and O–H groups in total. The van der Waals surface area contributed by atoms with Crippen LogP contribution in [0.3, 0.4) is 0 Å². The summed E-state index contributed by atoms with van der Waals surface area (Å²) in [5.41, 5.74) is 0.592. The molecule has 2 rings (SSSR count). The van der Waals surface area contributed by atoms with E-state index in [0.717, 1.165) is 0 Å². The molecule has 0 unspecified atom stereocenters. The molecule has 2 heteroatoms. The zero-order chi connectivity index (χ0) is 10.6. The van der Waals surface area contributed by atoms with Crippen molar-refractivity contribution >= 4 is 0 Å². The van der Waals surface area contributed by atoms with Crippen LogP contribution in [0.5, 0.6) is 0 Å². The van der Waals surface area contributed by atoms with Gasteiger partial charge in [-0.3, -0.25) is 9.80 Å². The van der Waals surface area contributed by atoms with Gasteiger partial charge in [0.05, 0.1) is 0 Å². The zero-order valence-corrected chi connectivity index (χ0v) is 10.3. The van der Waals surface area contributed by atoms with Crippen LogP contribution in [-0.2, 0) is 0 Å². The number of hydrogen-bond acceptors (Lipinski definition) is 2. The lowest BCUT2D eigenvalue weighted by Gasteiger charge is -2.57. The Kier molecular flexibility index (Phi) is 4.39. The van der Waals surface area contributed by atoms with E-state index >= 15 is 0 Å². The van der Waals surface area contributed by atoms with Gasteiger partial charge in [-0.2, -0.15) is 0 Å². The minimum absolute atomic E-state index is 0.592. The van der Waals surface area contributed by atoms with Crippen molar-refractivity contribution < 1.29 is 0 Å². The van der Waals surface area contributed by atoms with Gasteiger partial charge in [0.25, 0.3) is 0 Å². The summed E-state index contributed by atoms with van der Waals surface area (Å²) in [5, 5.41) is 0. The molecule has 0 aliphatic carbocycles. The molecule has 2 saturated heterocycles. The summed E-state index contributed by atoms with van der Waals surface area (Å²) in [6.45, 7) is 11.4. The van der Waals surface area contributed by atoms with Crippen molar-refractivity contribution in [2.75, 3.05) is 33.2 Å². The molecule has 0 bridgehead atoms. The highest BCUT2D eigenvalue weighted by Crippen LogP contribution is 2.34. The van der Waals surface area contributed by atoms with Crippen LogP contribution in [-0.4, -0.2) is 48.6 Å². The first-order chi connectivity index (χ1) is 6.77. The average molecular weight is 198 g/mol. The fraction of sp³-hybridized carbons (Fsp3) is 1.00. The van der Waals surface area contributed by atoms with Crippen LogP contribution in [0.25, 0.3) is 0 Å². The van der Waals surface area contributed by atoms with E-state index in [1.165, 1.54) is 45.4 Å².